The van der Waals surface area contributed by atoms with Gasteiger partial charge in [0.15, 0.2) is 0 Å². The summed E-state index contributed by atoms with van der Waals surface area (Å²) in [4.78, 5) is 0. The maximum Gasteiger partial charge on any atom is 0.203 e. The predicted molar refractivity (Wildman–Crippen MR) is 58.8 cm³/mol. The molecule has 0 heterocycles. The van der Waals surface area contributed by atoms with Gasteiger partial charge in [0, 0.05) is 12.3 Å². The van der Waals surface area contributed by atoms with E-state index in [9.17, 15) is 4.57 Å². The molecule has 0 aliphatic rings. The lowest BCUT2D eigenvalue weighted by Gasteiger charge is -2.23. The van der Waals surface area contributed by atoms with Gasteiger partial charge in [-0.2, -0.15) is 0 Å². The van der Waals surface area contributed by atoms with Crippen LogP contribution in [0.25, 0.3) is 0 Å². The molecular weight excluding hydrogens is 183 g/mol. The second kappa shape index (κ2) is 6.62. The molecule has 0 spiro atoms. The minimum Gasteiger partial charge on any atom is -0.329 e. The largest absolute Gasteiger partial charge is 0.329 e. The van der Waals surface area contributed by atoms with E-state index in [-0.39, 0.29) is 5.66 Å². The zero-order chi connectivity index (χ0) is 10.3. The first-order chi connectivity index (χ1) is 6.08. The molecule has 0 aromatic carbocycles. The summed E-state index contributed by atoms with van der Waals surface area (Å²) in [5.41, 5.74) is 0.280. The SMILES string of the molecule is CCCC(CCC)P(C)(=O)OCC. The zero-order valence-electron chi connectivity index (χ0n) is 9.38. The highest BCUT2D eigenvalue weighted by Gasteiger charge is 2.26. The van der Waals surface area contributed by atoms with Crippen molar-refractivity contribution in [2.75, 3.05) is 13.3 Å². The molecule has 0 rings (SSSR count). The number of hydrogen-bond donors (Lipinski definition) is 0. The van der Waals surface area contributed by atoms with Crippen molar-refractivity contribution in [1.29, 1.82) is 0 Å². The van der Waals surface area contributed by atoms with Gasteiger partial charge in [-0.1, -0.05) is 26.7 Å². The van der Waals surface area contributed by atoms with Gasteiger partial charge in [-0.25, -0.2) is 0 Å². The Balaban J connectivity index is 4.23. The van der Waals surface area contributed by atoms with Crippen LogP contribution < -0.4 is 0 Å². The van der Waals surface area contributed by atoms with Crippen LogP contribution in [-0.2, 0) is 9.09 Å². The van der Waals surface area contributed by atoms with E-state index in [0.29, 0.717) is 6.61 Å². The third-order valence-corrected chi connectivity index (χ3v) is 4.91. The first-order valence-electron chi connectivity index (χ1n) is 5.30. The third-order valence-electron chi connectivity index (χ3n) is 2.29. The molecule has 1 atom stereocenters. The van der Waals surface area contributed by atoms with Crippen LogP contribution in [0.4, 0.5) is 0 Å². The fourth-order valence-electron chi connectivity index (χ4n) is 1.64. The Labute approximate surface area is 82.5 Å². The fraction of sp³-hybridized carbons (Fsp3) is 1.00. The maximum absolute atomic E-state index is 12.1. The van der Waals surface area contributed by atoms with Crippen molar-refractivity contribution in [3.8, 4) is 0 Å². The Morgan fingerprint density at radius 3 is 1.92 bits per heavy atom. The van der Waals surface area contributed by atoms with Crippen molar-refractivity contribution in [1.82, 2.24) is 0 Å². The van der Waals surface area contributed by atoms with Crippen LogP contribution in [0.1, 0.15) is 46.5 Å². The summed E-state index contributed by atoms with van der Waals surface area (Å²) in [7, 11) is -2.34. The average molecular weight is 206 g/mol. The lowest BCUT2D eigenvalue weighted by Crippen LogP contribution is -2.09. The molecule has 13 heavy (non-hydrogen) atoms. The van der Waals surface area contributed by atoms with Gasteiger partial charge in [0.1, 0.15) is 0 Å². The minimum absolute atomic E-state index is 0.280. The van der Waals surface area contributed by atoms with Crippen LogP contribution in [-0.4, -0.2) is 18.9 Å². The van der Waals surface area contributed by atoms with Gasteiger partial charge in [-0.05, 0) is 19.8 Å². The molecule has 0 bridgehead atoms. The summed E-state index contributed by atoms with van der Waals surface area (Å²) >= 11 is 0. The third kappa shape index (κ3) is 4.83. The van der Waals surface area contributed by atoms with Crippen LogP contribution in [0, 0.1) is 0 Å². The lowest BCUT2D eigenvalue weighted by atomic mass is 10.2. The molecule has 3 heteroatoms. The van der Waals surface area contributed by atoms with Gasteiger partial charge in [0.25, 0.3) is 0 Å². The highest BCUT2D eigenvalue weighted by atomic mass is 31.2. The van der Waals surface area contributed by atoms with Crippen LogP contribution in [0.5, 0.6) is 0 Å². The van der Waals surface area contributed by atoms with E-state index in [4.69, 9.17) is 4.52 Å². The van der Waals surface area contributed by atoms with E-state index < -0.39 is 7.37 Å². The fourth-order valence-corrected chi connectivity index (χ4v) is 3.82. The summed E-state index contributed by atoms with van der Waals surface area (Å²) in [6, 6.07) is 0. The van der Waals surface area contributed by atoms with Crippen molar-refractivity contribution >= 4 is 7.37 Å². The molecule has 0 N–H and O–H groups in total. The molecule has 0 saturated carbocycles. The molecule has 2 nitrogen and oxygen atoms in total. The second-order valence-corrected chi connectivity index (χ2v) is 6.36. The van der Waals surface area contributed by atoms with E-state index >= 15 is 0 Å². The topological polar surface area (TPSA) is 26.3 Å². The van der Waals surface area contributed by atoms with E-state index in [1.165, 1.54) is 0 Å². The molecule has 0 amide bonds. The van der Waals surface area contributed by atoms with Gasteiger partial charge < -0.3 is 4.52 Å². The Morgan fingerprint density at radius 1 is 1.15 bits per heavy atom. The minimum atomic E-state index is -2.34. The normalized spacial score (nSPS) is 16.1. The Bertz CT molecular complexity index is 162. The average Bonchev–Trinajstić information content (AvgIpc) is 2.04. The molecule has 0 saturated heterocycles. The van der Waals surface area contributed by atoms with Gasteiger partial charge in [0.05, 0.1) is 6.61 Å². The molecule has 0 aliphatic carbocycles. The first-order valence-corrected chi connectivity index (χ1v) is 7.44. The zero-order valence-corrected chi connectivity index (χ0v) is 10.3. The van der Waals surface area contributed by atoms with Crippen LogP contribution >= 0.6 is 7.37 Å². The summed E-state index contributed by atoms with van der Waals surface area (Å²) < 4.78 is 17.4. The molecule has 1 unspecified atom stereocenters. The van der Waals surface area contributed by atoms with Crippen molar-refractivity contribution < 1.29 is 9.09 Å². The first kappa shape index (κ1) is 13.2. The molecule has 0 radical (unpaired) electrons. The van der Waals surface area contributed by atoms with E-state index in [0.717, 1.165) is 25.7 Å². The van der Waals surface area contributed by atoms with E-state index in [1.807, 2.05) is 6.92 Å². The van der Waals surface area contributed by atoms with Gasteiger partial charge in [-0.15, -0.1) is 0 Å². The Hall–Kier alpha value is 0.190. The monoisotopic (exact) mass is 206 g/mol. The van der Waals surface area contributed by atoms with Crippen molar-refractivity contribution in [2.24, 2.45) is 0 Å². The van der Waals surface area contributed by atoms with Crippen molar-refractivity contribution in [3.63, 3.8) is 0 Å². The smallest absolute Gasteiger partial charge is 0.203 e. The quantitative estimate of drug-likeness (QED) is 0.590. The Morgan fingerprint density at radius 2 is 1.62 bits per heavy atom. The highest BCUT2D eigenvalue weighted by Crippen LogP contribution is 2.51. The summed E-state index contributed by atoms with van der Waals surface area (Å²) in [6.07, 6.45) is 4.24. The maximum atomic E-state index is 12.1. The lowest BCUT2D eigenvalue weighted by molar-refractivity contribution is 0.325. The molecule has 0 fully saturated rings. The molecule has 80 valence electrons. The van der Waals surface area contributed by atoms with Crippen LogP contribution in [0.3, 0.4) is 0 Å². The van der Waals surface area contributed by atoms with Crippen molar-refractivity contribution in [2.45, 2.75) is 52.1 Å². The standard InChI is InChI=1S/C10H23O2P/c1-5-8-10(9-6-2)13(4,11)12-7-3/h10H,5-9H2,1-4H3. The summed E-state index contributed by atoms with van der Waals surface area (Å²) in [5.74, 6) is 0. The van der Waals surface area contributed by atoms with Gasteiger partial charge in [-0.3, -0.25) is 4.57 Å². The van der Waals surface area contributed by atoms with E-state index in [2.05, 4.69) is 13.8 Å². The van der Waals surface area contributed by atoms with Crippen LogP contribution in [0.2, 0.25) is 0 Å². The molecular formula is C10H23O2P. The van der Waals surface area contributed by atoms with Gasteiger partial charge >= 0.3 is 0 Å². The summed E-state index contributed by atoms with van der Waals surface area (Å²) in [6.45, 7) is 8.53. The predicted octanol–water partition coefficient (Wildman–Crippen LogP) is 3.90. The number of hydrogen-bond acceptors (Lipinski definition) is 2. The highest BCUT2D eigenvalue weighted by molar-refractivity contribution is 7.58. The van der Waals surface area contributed by atoms with Crippen molar-refractivity contribution in [3.05, 3.63) is 0 Å². The van der Waals surface area contributed by atoms with Crippen LogP contribution in [0.15, 0.2) is 0 Å². The molecule has 0 aromatic heterocycles. The number of rotatable bonds is 7. The second-order valence-electron chi connectivity index (χ2n) is 3.56. The molecule has 0 aliphatic heterocycles. The Kier molecular flexibility index (Phi) is 6.71. The summed E-state index contributed by atoms with van der Waals surface area (Å²) in [5, 5.41) is 0. The molecule has 0 aromatic rings. The van der Waals surface area contributed by atoms with E-state index in [1.54, 1.807) is 6.66 Å². The van der Waals surface area contributed by atoms with Gasteiger partial charge in [0.2, 0.25) is 7.37 Å².